The van der Waals surface area contributed by atoms with Crippen LogP contribution in [-0.4, -0.2) is 24.6 Å². The summed E-state index contributed by atoms with van der Waals surface area (Å²) in [6.07, 6.45) is 0. The van der Waals surface area contributed by atoms with Crippen molar-refractivity contribution in [3.8, 4) is 11.5 Å². The summed E-state index contributed by atoms with van der Waals surface area (Å²) < 4.78 is 30.9. The largest absolute Gasteiger partial charge is 0.441 e. The quantitative estimate of drug-likeness (QED) is 0.652. The van der Waals surface area contributed by atoms with Crippen molar-refractivity contribution < 1.29 is 17.6 Å². The summed E-state index contributed by atoms with van der Waals surface area (Å²) in [6, 6.07) is 13.0. The molecule has 1 atom stereocenters. The number of oxazole rings is 1. The molecule has 0 aliphatic carbocycles. The molecule has 142 valence electrons. The van der Waals surface area contributed by atoms with Gasteiger partial charge in [-0.15, -0.1) is 11.3 Å². The molecule has 0 saturated heterocycles. The molecule has 2 heterocycles. The monoisotopic (exact) mass is 404 g/mol. The molecule has 0 saturated carbocycles. The molecule has 3 rings (SSSR count). The number of rotatable bonds is 7. The standard InChI is InChI=1S/C19H20N2O4S2/c1-13-17(21-19(25-13)15-7-4-3-5-8-15)12-27(23,24)14(2)18(22)20-11-16-9-6-10-26-16/h3-10,14H,11-12H2,1-2H3,(H,20,22). The maximum atomic E-state index is 12.7. The SMILES string of the molecule is Cc1oc(-c2ccccc2)nc1CS(=O)(=O)C(C)C(=O)NCc1cccs1. The van der Waals surface area contributed by atoms with E-state index in [1.54, 1.807) is 6.92 Å². The van der Waals surface area contributed by atoms with Crippen LogP contribution in [-0.2, 0) is 26.9 Å². The second-order valence-electron chi connectivity index (χ2n) is 6.13. The topological polar surface area (TPSA) is 89.3 Å². The van der Waals surface area contributed by atoms with Gasteiger partial charge in [0.1, 0.15) is 11.0 Å². The highest BCUT2D eigenvalue weighted by molar-refractivity contribution is 7.92. The molecular weight excluding hydrogens is 384 g/mol. The van der Waals surface area contributed by atoms with Gasteiger partial charge in [-0.3, -0.25) is 4.79 Å². The Kier molecular flexibility index (Phi) is 5.76. The fourth-order valence-electron chi connectivity index (χ4n) is 2.48. The summed E-state index contributed by atoms with van der Waals surface area (Å²) in [5, 5.41) is 3.40. The van der Waals surface area contributed by atoms with Crippen LogP contribution < -0.4 is 5.32 Å². The van der Waals surface area contributed by atoms with Gasteiger partial charge < -0.3 is 9.73 Å². The third-order valence-corrected chi connectivity index (χ3v) is 7.02. The predicted molar refractivity (Wildman–Crippen MR) is 105 cm³/mol. The number of carbonyl (C=O) groups excluding carboxylic acids is 1. The molecule has 0 spiro atoms. The van der Waals surface area contributed by atoms with E-state index in [9.17, 15) is 13.2 Å². The lowest BCUT2D eigenvalue weighted by Crippen LogP contribution is -2.38. The van der Waals surface area contributed by atoms with Crippen molar-refractivity contribution in [2.24, 2.45) is 0 Å². The number of sulfone groups is 1. The summed E-state index contributed by atoms with van der Waals surface area (Å²) in [7, 11) is -3.73. The summed E-state index contributed by atoms with van der Waals surface area (Å²) >= 11 is 1.50. The van der Waals surface area contributed by atoms with Crippen LogP contribution in [0.2, 0.25) is 0 Å². The van der Waals surface area contributed by atoms with Gasteiger partial charge in [0.2, 0.25) is 11.8 Å². The van der Waals surface area contributed by atoms with Gasteiger partial charge in [0, 0.05) is 10.4 Å². The minimum atomic E-state index is -3.73. The van der Waals surface area contributed by atoms with Crippen molar-refractivity contribution in [1.29, 1.82) is 0 Å². The average molecular weight is 405 g/mol. The van der Waals surface area contributed by atoms with E-state index < -0.39 is 21.0 Å². The molecule has 0 aliphatic rings. The Morgan fingerprint density at radius 2 is 1.96 bits per heavy atom. The van der Waals surface area contributed by atoms with Gasteiger partial charge in [-0.05, 0) is 37.4 Å². The zero-order chi connectivity index (χ0) is 19.4. The van der Waals surface area contributed by atoms with Crippen LogP contribution in [0, 0.1) is 6.92 Å². The van der Waals surface area contributed by atoms with Crippen molar-refractivity contribution >= 4 is 27.1 Å². The van der Waals surface area contributed by atoms with E-state index in [1.165, 1.54) is 18.3 Å². The molecule has 1 unspecified atom stereocenters. The Morgan fingerprint density at radius 1 is 1.22 bits per heavy atom. The van der Waals surface area contributed by atoms with Gasteiger partial charge >= 0.3 is 0 Å². The van der Waals surface area contributed by atoms with Gasteiger partial charge in [0.05, 0.1) is 18.0 Å². The third kappa shape index (κ3) is 4.64. The fourth-order valence-corrected chi connectivity index (χ4v) is 4.43. The molecule has 6 nitrogen and oxygen atoms in total. The lowest BCUT2D eigenvalue weighted by molar-refractivity contribution is -0.120. The first-order valence-electron chi connectivity index (χ1n) is 8.40. The van der Waals surface area contributed by atoms with Crippen LogP contribution in [0.5, 0.6) is 0 Å². The molecule has 0 radical (unpaired) electrons. The van der Waals surface area contributed by atoms with E-state index in [0.29, 0.717) is 23.9 Å². The molecule has 1 aromatic carbocycles. The Morgan fingerprint density at radius 3 is 2.63 bits per heavy atom. The lowest BCUT2D eigenvalue weighted by atomic mass is 10.2. The zero-order valence-corrected chi connectivity index (χ0v) is 16.6. The van der Waals surface area contributed by atoms with Crippen LogP contribution in [0.25, 0.3) is 11.5 Å². The van der Waals surface area contributed by atoms with Gasteiger partial charge in [0.25, 0.3) is 0 Å². The van der Waals surface area contributed by atoms with E-state index in [0.717, 1.165) is 10.4 Å². The fraction of sp³-hybridized carbons (Fsp3) is 0.263. The number of carbonyl (C=O) groups is 1. The number of nitrogens with one attached hydrogen (secondary N) is 1. The average Bonchev–Trinajstić information content (AvgIpc) is 3.30. The smallest absolute Gasteiger partial charge is 0.238 e. The summed E-state index contributed by atoms with van der Waals surface area (Å²) in [4.78, 5) is 17.5. The molecular formula is C19H20N2O4S2. The second-order valence-corrected chi connectivity index (χ2v) is 9.49. The Balaban J connectivity index is 1.70. The van der Waals surface area contributed by atoms with Gasteiger partial charge in [0.15, 0.2) is 9.84 Å². The Hall–Kier alpha value is -2.45. The van der Waals surface area contributed by atoms with E-state index >= 15 is 0 Å². The maximum Gasteiger partial charge on any atom is 0.238 e. The Bertz CT molecular complexity index is 1010. The summed E-state index contributed by atoms with van der Waals surface area (Å²) in [6.45, 7) is 3.38. The van der Waals surface area contributed by atoms with E-state index in [4.69, 9.17) is 4.42 Å². The first-order chi connectivity index (χ1) is 12.9. The summed E-state index contributed by atoms with van der Waals surface area (Å²) in [5.41, 5.74) is 1.10. The zero-order valence-electron chi connectivity index (χ0n) is 15.0. The predicted octanol–water partition coefficient (Wildman–Crippen LogP) is 3.33. The first-order valence-corrected chi connectivity index (χ1v) is 11.0. The van der Waals surface area contributed by atoms with Crippen LogP contribution in [0.15, 0.2) is 52.3 Å². The minimum Gasteiger partial charge on any atom is -0.441 e. The molecule has 0 bridgehead atoms. The number of aromatic nitrogens is 1. The number of nitrogens with zero attached hydrogens (tertiary/aromatic N) is 1. The van der Waals surface area contributed by atoms with E-state index in [-0.39, 0.29) is 5.75 Å². The normalized spacial score (nSPS) is 12.7. The highest BCUT2D eigenvalue weighted by Crippen LogP contribution is 2.23. The van der Waals surface area contributed by atoms with Crippen molar-refractivity contribution in [3.63, 3.8) is 0 Å². The number of hydrogen-bond donors (Lipinski definition) is 1. The van der Waals surface area contributed by atoms with Gasteiger partial charge in [-0.1, -0.05) is 24.3 Å². The number of benzene rings is 1. The molecule has 1 N–H and O–H groups in total. The van der Waals surface area contributed by atoms with Crippen LogP contribution >= 0.6 is 11.3 Å². The van der Waals surface area contributed by atoms with E-state index in [1.807, 2.05) is 47.8 Å². The second kappa shape index (κ2) is 8.06. The highest BCUT2D eigenvalue weighted by Gasteiger charge is 2.30. The van der Waals surface area contributed by atoms with E-state index in [2.05, 4.69) is 10.3 Å². The molecule has 0 aliphatic heterocycles. The van der Waals surface area contributed by atoms with Crippen LogP contribution in [0.3, 0.4) is 0 Å². The molecule has 8 heteroatoms. The number of hydrogen-bond acceptors (Lipinski definition) is 6. The third-order valence-electron chi connectivity index (χ3n) is 4.18. The number of amides is 1. The molecule has 3 aromatic rings. The van der Waals surface area contributed by atoms with Crippen LogP contribution in [0.1, 0.15) is 23.3 Å². The van der Waals surface area contributed by atoms with Crippen molar-refractivity contribution in [2.45, 2.75) is 31.4 Å². The first kappa shape index (κ1) is 19.3. The van der Waals surface area contributed by atoms with Crippen molar-refractivity contribution in [3.05, 3.63) is 64.2 Å². The molecule has 27 heavy (non-hydrogen) atoms. The Labute approximate surface area is 162 Å². The molecule has 1 amide bonds. The van der Waals surface area contributed by atoms with Crippen molar-refractivity contribution in [2.75, 3.05) is 0 Å². The lowest BCUT2D eigenvalue weighted by Gasteiger charge is -2.12. The maximum absolute atomic E-state index is 12.7. The number of aryl methyl sites for hydroxylation is 1. The van der Waals surface area contributed by atoms with Gasteiger partial charge in [-0.25, -0.2) is 13.4 Å². The van der Waals surface area contributed by atoms with Crippen LogP contribution in [0.4, 0.5) is 0 Å². The summed E-state index contributed by atoms with van der Waals surface area (Å²) in [5.74, 6) is -0.0625. The number of thiophene rings is 1. The van der Waals surface area contributed by atoms with Crippen molar-refractivity contribution in [1.82, 2.24) is 10.3 Å². The minimum absolute atomic E-state index is 0.317. The molecule has 0 fully saturated rings. The van der Waals surface area contributed by atoms with Gasteiger partial charge in [-0.2, -0.15) is 0 Å². The molecule has 2 aromatic heterocycles. The highest BCUT2D eigenvalue weighted by atomic mass is 32.2.